The van der Waals surface area contributed by atoms with E-state index in [9.17, 15) is 0 Å². The van der Waals surface area contributed by atoms with Gasteiger partial charge in [0.15, 0.2) is 0 Å². The molecule has 5 unspecified atom stereocenters. The van der Waals surface area contributed by atoms with Crippen LogP contribution in [0.5, 0.6) is 0 Å². The highest BCUT2D eigenvalue weighted by molar-refractivity contribution is 5.21. The van der Waals surface area contributed by atoms with Crippen molar-refractivity contribution in [1.82, 2.24) is 15.1 Å². The Kier molecular flexibility index (Phi) is 2.35. The lowest BCUT2D eigenvalue weighted by Gasteiger charge is -2.19. The van der Waals surface area contributed by atoms with Gasteiger partial charge >= 0.3 is 0 Å². The standard InChI is InChI=1S/C15H23N3/c1-3-16-15(11-6-7-18(2)17-11)14-12-9-4-5-10(8-9)13(12)14/h6-7,9-10,12-16H,3-5,8H2,1-2H3. The van der Waals surface area contributed by atoms with Gasteiger partial charge in [0.05, 0.1) is 11.7 Å². The van der Waals surface area contributed by atoms with E-state index < -0.39 is 0 Å². The van der Waals surface area contributed by atoms with Gasteiger partial charge in [-0.05, 0) is 61.5 Å². The van der Waals surface area contributed by atoms with E-state index in [-0.39, 0.29) is 0 Å². The summed E-state index contributed by atoms with van der Waals surface area (Å²) in [6, 6.07) is 2.71. The molecule has 1 aromatic rings. The Hall–Kier alpha value is -0.830. The molecule has 0 radical (unpaired) electrons. The van der Waals surface area contributed by atoms with Crippen molar-refractivity contribution in [3.05, 3.63) is 18.0 Å². The van der Waals surface area contributed by atoms with Gasteiger partial charge in [0.2, 0.25) is 0 Å². The van der Waals surface area contributed by atoms with Gasteiger partial charge in [-0.1, -0.05) is 6.92 Å². The molecule has 3 aliphatic carbocycles. The monoisotopic (exact) mass is 245 g/mol. The van der Waals surface area contributed by atoms with Crippen LogP contribution in [0.4, 0.5) is 0 Å². The minimum atomic E-state index is 0.509. The second kappa shape index (κ2) is 3.83. The van der Waals surface area contributed by atoms with Crippen LogP contribution in [-0.2, 0) is 7.05 Å². The molecule has 1 N–H and O–H groups in total. The smallest absolute Gasteiger partial charge is 0.0796 e. The highest BCUT2D eigenvalue weighted by Gasteiger charge is 2.66. The molecule has 1 aromatic heterocycles. The lowest BCUT2D eigenvalue weighted by molar-refractivity contribution is 0.368. The Labute approximate surface area is 109 Å². The van der Waals surface area contributed by atoms with E-state index in [0.717, 1.165) is 36.1 Å². The van der Waals surface area contributed by atoms with Gasteiger partial charge in [-0.2, -0.15) is 5.10 Å². The summed E-state index contributed by atoms with van der Waals surface area (Å²) in [4.78, 5) is 0. The van der Waals surface area contributed by atoms with Crippen molar-refractivity contribution in [1.29, 1.82) is 0 Å². The molecular weight excluding hydrogens is 222 g/mol. The van der Waals surface area contributed by atoms with Crippen molar-refractivity contribution >= 4 is 0 Å². The Morgan fingerprint density at radius 2 is 2.11 bits per heavy atom. The number of hydrogen-bond acceptors (Lipinski definition) is 2. The van der Waals surface area contributed by atoms with E-state index in [1.807, 2.05) is 11.7 Å². The van der Waals surface area contributed by atoms with Crippen molar-refractivity contribution in [3.63, 3.8) is 0 Å². The van der Waals surface area contributed by atoms with Crippen LogP contribution in [0.15, 0.2) is 12.3 Å². The third-order valence-electron chi connectivity index (χ3n) is 5.66. The Bertz CT molecular complexity index is 436. The van der Waals surface area contributed by atoms with Crippen LogP contribution in [0.1, 0.15) is 37.9 Å². The van der Waals surface area contributed by atoms with E-state index in [2.05, 4.69) is 29.6 Å². The van der Waals surface area contributed by atoms with Gasteiger partial charge in [-0.25, -0.2) is 0 Å². The predicted octanol–water partition coefficient (Wildman–Crippen LogP) is 2.36. The summed E-state index contributed by atoms with van der Waals surface area (Å²) in [6.07, 6.45) is 6.62. The van der Waals surface area contributed by atoms with Gasteiger partial charge in [-0.3, -0.25) is 4.68 Å². The third kappa shape index (κ3) is 1.43. The molecule has 0 aromatic carbocycles. The number of hydrogen-bond donors (Lipinski definition) is 1. The lowest BCUT2D eigenvalue weighted by atomic mass is 9.95. The maximum atomic E-state index is 4.64. The molecule has 2 bridgehead atoms. The van der Waals surface area contributed by atoms with Crippen molar-refractivity contribution in [2.45, 2.75) is 32.2 Å². The first-order chi connectivity index (χ1) is 8.79. The first-order valence-electron chi connectivity index (χ1n) is 7.52. The zero-order chi connectivity index (χ0) is 12.3. The average Bonchev–Trinajstić information content (AvgIpc) is 2.73. The molecule has 18 heavy (non-hydrogen) atoms. The molecule has 3 fully saturated rings. The molecule has 3 aliphatic rings. The minimum Gasteiger partial charge on any atom is -0.309 e. The first kappa shape index (κ1) is 11.0. The molecule has 98 valence electrons. The molecule has 1 heterocycles. The zero-order valence-electron chi connectivity index (χ0n) is 11.3. The molecule has 4 rings (SSSR count). The van der Waals surface area contributed by atoms with Crippen LogP contribution < -0.4 is 5.32 Å². The summed E-state index contributed by atoms with van der Waals surface area (Å²) < 4.78 is 1.94. The number of fused-ring (bicyclic) bond motifs is 5. The molecular formula is C15H23N3. The number of nitrogens with zero attached hydrogens (tertiary/aromatic N) is 2. The van der Waals surface area contributed by atoms with Gasteiger partial charge in [-0.15, -0.1) is 0 Å². The molecule has 3 saturated carbocycles. The number of aromatic nitrogens is 2. The molecule has 0 spiro atoms. The van der Waals surface area contributed by atoms with Crippen molar-refractivity contribution in [3.8, 4) is 0 Å². The zero-order valence-corrected chi connectivity index (χ0v) is 11.3. The van der Waals surface area contributed by atoms with E-state index in [1.54, 1.807) is 0 Å². The third-order valence-corrected chi connectivity index (χ3v) is 5.66. The van der Waals surface area contributed by atoms with E-state index in [1.165, 1.54) is 25.0 Å². The van der Waals surface area contributed by atoms with Crippen molar-refractivity contribution < 1.29 is 0 Å². The maximum Gasteiger partial charge on any atom is 0.0796 e. The Morgan fingerprint density at radius 1 is 1.39 bits per heavy atom. The quantitative estimate of drug-likeness (QED) is 0.882. The second-order valence-corrected chi connectivity index (χ2v) is 6.51. The Morgan fingerprint density at radius 3 is 2.67 bits per heavy atom. The largest absolute Gasteiger partial charge is 0.309 e. The fourth-order valence-electron chi connectivity index (χ4n) is 5.09. The van der Waals surface area contributed by atoms with E-state index in [4.69, 9.17) is 0 Å². The maximum absolute atomic E-state index is 4.64. The minimum absolute atomic E-state index is 0.509. The van der Waals surface area contributed by atoms with Crippen LogP contribution >= 0.6 is 0 Å². The molecule has 0 saturated heterocycles. The highest BCUT2D eigenvalue weighted by atomic mass is 15.3. The number of nitrogens with one attached hydrogen (secondary N) is 1. The van der Waals surface area contributed by atoms with Gasteiger partial charge in [0.1, 0.15) is 0 Å². The number of rotatable bonds is 4. The predicted molar refractivity (Wildman–Crippen MR) is 70.9 cm³/mol. The second-order valence-electron chi connectivity index (χ2n) is 6.51. The van der Waals surface area contributed by atoms with Crippen molar-refractivity contribution in [2.75, 3.05) is 6.54 Å². The summed E-state index contributed by atoms with van der Waals surface area (Å²) in [7, 11) is 2.02. The fraction of sp³-hybridized carbons (Fsp3) is 0.800. The summed E-state index contributed by atoms with van der Waals surface area (Å²) in [5.41, 5.74) is 1.26. The molecule has 3 heteroatoms. The highest BCUT2D eigenvalue weighted by Crippen LogP contribution is 2.72. The fourth-order valence-corrected chi connectivity index (χ4v) is 5.09. The molecule has 3 nitrogen and oxygen atoms in total. The molecule has 5 atom stereocenters. The van der Waals surface area contributed by atoms with Crippen LogP contribution in [-0.4, -0.2) is 16.3 Å². The number of aryl methyl sites for hydroxylation is 1. The van der Waals surface area contributed by atoms with Gasteiger partial charge in [0.25, 0.3) is 0 Å². The van der Waals surface area contributed by atoms with Crippen molar-refractivity contribution in [2.24, 2.45) is 36.6 Å². The van der Waals surface area contributed by atoms with Gasteiger partial charge < -0.3 is 5.32 Å². The Balaban J connectivity index is 1.58. The van der Waals surface area contributed by atoms with Gasteiger partial charge in [0, 0.05) is 13.2 Å². The lowest BCUT2D eigenvalue weighted by Crippen LogP contribution is -2.26. The van der Waals surface area contributed by atoms with E-state index >= 15 is 0 Å². The van der Waals surface area contributed by atoms with E-state index in [0.29, 0.717) is 6.04 Å². The van der Waals surface area contributed by atoms with Crippen LogP contribution in [0.2, 0.25) is 0 Å². The molecule has 0 amide bonds. The average molecular weight is 245 g/mol. The van der Waals surface area contributed by atoms with Crippen LogP contribution in [0, 0.1) is 29.6 Å². The summed E-state index contributed by atoms with van der Waals surface area (Å²) in [5, 5.41) is 8.34. The van der Waals surface area contributed by atoms with Crippen LogP contribution in [0.25, 0.3) is 0 Å². The summed E-state index contributed by atoms with van der Waals surface area (Å²) in [6.45, 7) is 3.26. The SMILES string of the molecule is CCNC(c1ccn(C)n1)C1C2C3CCC(C3)C21. The van der Waals surface area contributed by atoms with Crippen LogP contribution in [0.3, 0.4) is 0 Å². The normalized spacial score (nSPS) is 42.0. The topological polar surface area (TPSA) is 29.9 Å². The molecule has 0 aliphatic heterocycles. The first-order valence-corrected chi connectivity index (χ1v) is 7.52. The summed E-state index contributed by atoms with van der Waals surface area (Å²) >= 11 is 0. The summed E-state index contributed by atoms with van der Waals surface area (Å²) in [5.74, 6) is 5.03.